The van der Waals surface area contributed by atoms with Gasteiger partial charge in [0, 0.05) is 18.5 Å². The number of carbonyl (C=O) groups is 2. The number of aliphatic hydroxyl groups is 1. The van der Waals surface area contributed by atoms with Gasteiger partial charge in [0.05, 0.1) is 35.6 Å². The number of amides is 2. The number of hydrogen-bond acceptors (Lipinski definition) is 6. The van der Waals surface area contributed by atoms with E-state index >= 15 is 0 Å². The molecule has 2 aliphatic rings. The van der Waals surface area contributed by atoms with Crippen LogP contribution < -0.4 is 4.90 Å². The lowest BCUT2D eigenvalue weighted by molar-refractivity contribution is -0.253. The summed E-state index contributed by atoms with van der Waals surface area (Å²) in [5.41, 5.74) is 4.18. The van der Waals surface area contributed by atoms with Crippen LogP contribution in [0.2, 0.25) is 0 Å². The van der Waals surface area contributed by atoms with Crippen LogP contribution in [0.4, 0.5) is 5.69 Å². The Labute approximate surface area is 293 Å². The number of benzene rings is 3. The van der Waals surface area contributed by atoms with Gasteiger partial charge in [0.15, 0.2) is 6.29 Å². The zero-order valence-electron chi connectivity index (χ0n) is 29.7. The minimum atomic E-state index is -0.595. The van der Waals surface area contributed by atoms with Gasteiger partial charge in [-0.15, -0.1) is 0 Å². The lowest BCUT2D eigenvalue weighted by Crippen LogP contribution is -2.40. The number of aliphatic hydroxyl groups excluding tert-OH is 1. The highest BCUT2D eigenvalue weighted by Gasteiger charge is 2.37. The number of fused-ring (bicyclic) bond motifs is 1. The molecule has 3 atom stereocenters. The fourth-order valence-electron chi connectivity index (χ4n) is 7.05. The average Bonchev–Trinajstić information content (AvgIpc) is 3.39. The molecule has 0 saturated carbocycles. The summed E-state index contributed by atoms with van der Waals surface area (Å²) >= 11 is 0. The number of imide groups is 1. The molecule has 49 heavy (non-hydrogen) atoms. The van der Waals surface area contributed by atoms with Crippen molar-refractivity contribution in [3.05, 3.63) is 101 Å². The second-order valence-electron chi connectivity index (χ2n) is 13.8. The predicted molar refractivity (Wildman–Crippen MR) is 196 cm³/mol. The van der Waals surface area contributed by atoms with Crippen LogP contribution >= 0.6 is 0 Å². The maximum atomic E-state index is 13.1. The zero-order chi connectivity index (χ0) is 34.4. The predicted octanol–water partition coefficient (Wildman–Crippen LogP) is 9.55. The molecule has 0 bridgehead atoms. The molecule has 7 heteroatoms. The first-order valence-electron chi connectivity index (χ1n) is 18.8. The van der Waals surface area contributed by atoms with E-state index in [1.165, 1.54) is 81.9 Å². The average molecular weight is 669 g/mol. The molecule has 2 amide bonds. The summed E-state index contributed by atoms with van der Waals surface area (Å²) in [5.74, 6) is -0.610. The van der Waals surface area contributed by atoms with Crippen molar-refractivity contribution in [3.8, 4) is 0 Å². The van der Waals surface area contributed by atoms with Gasteiger partial charge in [0.25, 0.3) is 11.8 Å². The van der Waals surface area contributed by atoms with Gasteiger partial charge >= 0.3 is 0 Å². The first-order chi connectivity index (χ1) is 24.0. The van der Waals surface area contributed by atoms with Gasteiger partial charge in [-0.3, -0.25) is 9.59 Å². The number of unbranched alkanes of at least 4 members (excludes halogenated alkanes) is 10. The Morgan fingerprint density at radius 2 is 1.20 bits per heavy atom. The molecular weight excluding hydrogens is 612 g/mol. The van der Waals surface area contributed by atoms with E-state index in [1.54, 1.807) is 24.3 Å². The Morgan fingerprint density at radius 3 is 1.76 bits per heavy atom. The lowest BCUT2D eigenvalue weighted by atomic mass is 9.99. The molecule has 3 aromatic rings. The Hall–Kier alpha value is -3.36. The van der Waals surface area contributed by atoms with Crippen LogP contribution in [-0.4, -0.2) is 47.6 Å². The van der Waals surface area contributed by atoms with Crippen LogP contribution in [0.1, 0.15) is 147 Å². The van der Waals surface area contributed by atoms with Crippen molar-refractivity contribution in [2.45, 2.75) is 122 Å². The van der Waals surface area contributed by atoms with Crippen molar-refractivity contribution in [1.29, 1.82) is 0 Å². The first kappa shape index (κ1) is 36.9. The minimum Gasteiger partial charge on any atom is -0.392 e. The van der Waals surface area contributed by atoms with Crippen LogP contribution in [0, 0.1) is 0 Å². The molecule has 3 aromatic carbocycles. The molecule has 264 valence electrons. The van der Waals surface area contributed by atoms with Crippen molar-refractivity contribution >= 4 is 17.5 Å². The number of ether oxygens (including phenoxy) is 2. The van der Waals surface area contributed by atoms with Gasteiger partial charge in [-0.05, 0) is 61.3 Å². The Balaban J connectivity index is 1.30. The SMILES string of the molecule is CCCCCCCCN(CCCCCCCC)CC1CC(c2ccc(CO)cc2)OC(c2ccc(N3C(=O)c4ccccc4C3=O)cc2)O1. The maximum absolute atomic E-state index is 13.1. The van der Waals surface area contributed by atoms with Gasteiger partial charge < -0.3 is 19.5 Å². The van der Waals surface area contributed by atoms with Gasteiger partial charge in [-0.1, -0.05) is 127 Å². The summed E-state index contributed by atoms with van der Waals surface area (Å²) in [7, 11) is 0. The summed E-state index contributed by atoms with van der Waals surface area (Å²) in [6.45, 7) is 7.55. The van der Waals surface area contributed by atoms with Crippen LogP contribution in [0.3, 0.4) is 0 Å². The molecule has 0 radical (unpaired) electrons. The quantitative estimate of drug-likeness (QED) is 0.0955. The second kappa shape index (κ2) is 19.1. The molecule has 0 aliphatic carbocycles. The number of hydrogen-bond donors (Lipinski definition) is 1. The fraction of sp³-hybridized carbons (Fsp3) is 0.524. The lowest BCUT2D eigenvalue weighted by Gasteiger charge is -2.38. The van der Waals surface area contributed by atoms with Crippen LogP contribution in [0.25, 0.3) is 0 Å². The normalized spacial score (nSPS) is 19.2. The van der Waals surface area contributed by atoms with E-state index in [0.717, 1.165) is 42.7 Å². The van der Waals surface area contributed by atoms with Gasteiger partial charge in [0.1, 0.15) is 0 Å². The minimum absolute atomic E-state index is 0.00542. The van der Waals surface area contributed by atoms with Crippen molar-refractivity contribution in [2.24, 2.45) is 0 Å². The molecule has 1 fully saturated rings. The molecule has 2 heterocycles. The Morgan fingerprint density at radius 1 is 0.673 bits per heavy atom. The number of rotatable bonds is 20. The first-order valence-corrected chi connectivity index (χ1v) is 18.8. The maximum Gasteiger partial charge on any atom is 0.266 e. The van der Waals surface area contributed by atoms with E-state index in [9.17, 15) is 14.7 Å². The second-order valence-corrected chi connectivity index (χ2v) is 13.8. The highest BCUT2D eigenvalue weighted by atomic mass is 16.7. The highest BCUT2D eigenvalue weighted by molar-refractivity contribution is 6.34. The largest absolute Gasteiger partial charge is 0.392 e. The Kier molecular flexibility index (Phi) is 14.4. The molecule has 1 saturated heterocycles. The monoisotopic (exact) mass is 668 g/mol. The Bertz CT molecular complexity index is 1410. The van der Waals surface area contributed by atoms with Crippen LogP contribution in [0.15, 0.2) is 72.8 Å². The van der Waals surface area contributed by atoms with Crippen molar-refractivity contribution in [2.75, 3.05) is 24.5 Å². The molecule has 2 aliphatic heterocycles. The summed E-state index contributed by atoms with van der Waals surface area (Å²) in [6, 6.07) is 22.4. The topological polar surface area (TPSA) is 79.3 Å². The number of anilines is 1. The summed E-state index contributed by atoms with van der Waals surface area (Å²) < 4.78 is 13.3. The fourth-order valence-corrected chi connectivity index (χ4v) is 7.05. The molecule has 3 unspecified atom stereocenters. The van der Waals surface area contributed by atoms with Gasteiger partial charge in [-0.2, -0.15) is 0 Å². The van der Waals surface area contributed by atoms with E-state index in [2.05, 4.69) is 18.7 Å². The summed E-state index contributed by atoms with van der Waals surface area (Å²) in [4.78, 5) is 30.1. The van der Waals surface area contributed by atoms with E-state index in [0.29, 0.717) is 16.8 Å². The van der Waals surface area contributed by atoms with E-state index in [-0.39, 0.29) is 30.6 Å². The third-order valence-corrected chi connectivity index (χ3v) is 9.95. The molecule has 5 rings (SSSR count). The van der Waals surface area contributed by atoms with Gasteiger partial charge in [-0.25, -0.2) is 4.90 Å². The molecule has 0 spiro atoms. The smallest absolute Gasteiger partial charge is 0.266 e. The third kappa shape index (κ3) is 10.1. The highest BCUT2D eigenvalue weighted by Crippen LogP contribution is 2.39. The van der Waals surface area contributed by atoms with E-state index in [1.807, 2.05) is 48.5 Å². The summed E-state index contributed by atoms with van der Waals surface area (Å²) in [5, 5.41) is 9.62. The third-order valence-electron chi connectivity index (χ3n) is 9.95. The van der Waals surface area contributed by atoms with Crippen LogP contribution in [-0.2, 0) is 16.1 Å². The standard InChI is InChI=1S/C42H56N2O5/c1-3-5-7-9-11-15-27-43(28-16-12-10-8-6-4-2)30-36-29-39(33-21-19-32(31-45)20-22-33)49-42(48-36)34-23-25-35(26-24-34)44-40(46)37-17-13-14-18-38(37)41(44)47/h13-14,17-26,36,39,42,45H,3-12,15-16,27-31H2,1-2H3. The number of carbonyl (C=O) groups excluding carboxylic acids is 2. The van der Waals surface area contributed by atoms with Gasteiger partial charge in [0.2, 0.25) is 0 Å². The summed E-state index contributed by atoms with van der Waals surface area (Å²) in [6.07, 6.45) is 15.3. The van der Waals surface area contributed by atoms with Crippen LogP contribution in [0.5, 0.6) is 0 Å². The molecular formula is C42H56N2O5. The number of nitrogens with zero attached hydrogens (tertiary/aromatic N) is 2. The van der Waals surface area contributed by atoms with E-state index < -0.39 is 6.29 Å². The van der Waals surface area contributed by atoms with Crippen molar-refractivity contribution < 1.29 is 24.2 Å². The molecule has 1 N–H and O–H groups in total. The molecule has 0 aromatic heterocycles. The van der Waals surface area contributed by atoms with E-state index in [4.69, 9.17) is 9.47 Å². The van der Waals surface area contributed by atoms with Crippen molar-refractivity contribution in [3.63, 3.8) is 0 Å². The molecule has 7 nitrogen and oxygen atoms in total. The zero-order valence-corrected chi connectivity index (χ0v) is 29.7. The van der Waals surface area contributed by atoms with Crippen molar-refractivity contribution in [1.82, 2.24) is 4.90 Å².